The van der Waals surface area contributed by atoms with Gasteiger partial charge in [-0.15, -0.1) is 0 Å². The number of urea groups is 1. The number of carbonyl (C=O) groups is 1. The zero-order valence-electron chi connectivity index (χ0n) is 19.5. The molecule has 11 heteroatoms. The molecule has 2 aromatic rings. The molecule has 0 saturated carbocycles. The topological polar surface area (TPSA) is 87.2 Å². The van der Waals surface area contributed by atoms with Crippen LogP contribution in [0.3, 0.4) is 0 Å². The van der Waals surface area contributed by atoms with Gasteiger partial charge >= 0.3 is 12.2 Å². The van der Waals surface area contributed by atoms with Crippen LogP contribution in [-0.2, 0) is 4.74 Å². The minimum Gasteiger partial charge on any atom is -0.474 e. The Balaban J connectivity index is 1.55. The van der Waals surface area contributed by atoms with Gasteiger partial charge in [0, 0.05) is 43.6 Å². The van der Waals surface area contributed by atoms with Crippen molar-refractivity contribution in [1.29, 1.82) is 0 Å². The lowest BCUT2D eigenvalue weighted by atomic mass is 10.0. The van der Waals surface area contributed by atoms with Crippen molar-refractivity contribution >= 4 is 17.4 Å². The number of likely N-dealkylation sites (tertiary alicyclic amines) is 1. The number of alkyl halides is 3. The van der Waals surface area contributed by atoms with Gasteiger partial charge < -0.3 is 29.7 Å². The number of hydrogen-bond acceptors (Lipinski definition) is 6. The molecule has 190 valence electrons. The van der Waals surface area contributed by atoms with Gasteiger partial charge in [0.15, 0.2) is 0 Å². The molecule has 4 rings (SSSR count). The van der Waals surface area contributed by atoms with Crippen LogP contribution in [0.25, 0.3) is 11.1 Å². The van der Waals surface area contributed by atoms with Crippen LogP contribution >= 0.6 is 0 Å². The molecule has 1 aromatic heterocycles. The van der Waals surface area contributed by atoms with Crippen LogP contribution in [0, 0.1) is 12.8 Å². The first kappa shape index (κ1) is 25.1. The van der Waals surface area contributed by atoms with E-state index in [4.69, 9.17) is 14.6 Å². The van der Waals surface area contributed by atoms with E-state index in [-0.39, 0.29) is 32.7 Å². The van der Waals surface area contributed by atoms with Crippen molar-refractivity contribution in [2.24, 2.45) is 5.92 Å². The highest BCUT2D eigenvalue weighted by atomic mass is 19.4. The monoisotopic (exact) mass is 494 g/mol. The van der Waals surface area contributed by atoms with Gasteiger partial charge in [0.1, 0.15) is 12.3 Å². The normalized spacial score (nSPS) is 18.6. The maximum absolute atomic E-state index is 13.0. The number of halogens is 3. The second kappa shape index (κ2) is 10.7. The van der Waals surface area contributed by atoms with Gasteiger partial charge in [-0.3, -0.25) is 0 Å². The van der Waals surface area contributed by atoms with Crippen LogP contribution in [0.1, 0.15) is 12.0 Å². The zero-order chi connectivity index (χ0) is 25.0. The average Bonchev–Trinajstić information content (AvgIpc) is 3.36. The molecule has 2 N–H and O–H groups in total. The summed E-state index contributed by atoms with van der Waals surface area (Å²) in [5.74, 6) is -1.07. The van der Waals surface area contributed by atoms with Crippen LogP contribution < -0.4 is 15.0 Å². The number of aliphatic hydroxyl groups excluding tert-OH is 1. The molecule has 3 heterocycles. The molecule has 2 fully saturated rings. The number of aromatic nitrogens is 1. The first-order valence-electron chi connectivity index (χ1n) is 11.6. The van der Waals surface area contributed by atoms with Crippen molar-refractivity contribution in [2.45, 2.75) is 19.5 Å². The first-order chi connectivity index (χ1) is 16.8. The Morgan fingerprint density at radius 1 is 1.26 bits per heavy atom. The van der Waals surface area contributed by atoms with Gasteiger partial charge in [-0.05, 0) is 42.7 Å². The summed E-state index contributed by atoms with van der Waals surface area (Å²) in [7, 11) is 0. The average molecular weight is 495 g/mol. The van der Waals surface area contributed by atoms with Crippen LogP contribution in [-0.4, -0.2) is 79.8 Å². The summed E-state index contributed by atoms with van der Waals surface area (Å²) in [4.78, 5) is 20.4. The number of aryl methyl sites for hydroxylation is 1. The van der Waals surface area contributed by atoms with Crippen molar-refractivity contribution in [1.82, 2.24) is 9.88 Å². The summed E-state index contributed by atoms with van der Waals surface area (Å²) in [5.41, 5.74) is 3.84. The Bertz CT molecular complexity index is 1040. The fourth-order valence-corrected chi connectivity index (χ4v) is 4.30. The molecular weight excluding hydrogens is 465 g/mol. The smallest absolute Gasteiger partial charge is 0.393 e. The minimum absolute atomic E-state index is 0.0663. The number of morpholine rings is 1. The van der Waals surface area contributed by atoms with E-state index in [1.165, 1.54) is 4.90 Å². The summed E-state index contributed by atoms with van der Waals surface area (Å²) >= 11 is 0. The SMILES string of the molecule is Cc1ccc(NC(=O)N2CC[C@@H](C(F)(F)F)C2)cc1-c1cnc(OCCO)c(N2CCOCC2)c1. The molecule has 35 heavy (non-hydrogen) atoms. The number of rotatable bonds is 6. The van der Waals surface area contributed by atoms with E-state index in [0.29, 0.717) is 37.9 Å². The summed E-state index contributed by atoms with van der Waals surface area (Å²) in [6.45, 7) is 4.15. The van der Waals surface area contributed by atoms with Gasteiger partial charge in [0.05, 0.1) is 25.7 Å². The van der Waals surface area contributed by atoms with Crippen molar-refractivity contribution in [3.8, 4) is 17.0 Å². The number of nitrogens with one attached hydrogen (secondary N) is 1. The first-order valence-corrected chi connectivity index (χ1v) is 11.6. The third-order valence-electron chi connectivity index (χ3n) is 6.25. The zero-order valence-corrected chi connectivity index (χ0v) is 19.5. The standard InChI is InChI=1S/C24H29F3N4O4/c1-16-2-3-19(29-23(33)31-5-4-18(15-31)24(25,26)27)13-20(16)17-12-21(30-6-9-34-10-7-30)22(28-14-17)35-11-8-32/h2-3,12-14,18,32H,4-11,15H2,1H3,(H,29,33)/t18-/m1/s1. The number of benzene rings is 1. The van der Waals surface area contributed by atoms with Crippen LogP contribution in [0.2, 0.25) is 0 Å². The predicted molar refractivity (Wildman–Crippen MR) is 125 cm³/mol. The van der Waals surface area contributed by atoms with Crippen LogP contribution in [0.15, 0.2) is 30.5 Å². The highest BCUT2D eigenvalue weighted by Crippen LogP contribution is 2.35. The molecule has 2 aliphatic rings. The van der Waals surface area contributed by atoms with Crippen molar-refractivity contribution < 1.29 is 32.5 Å². The molecule has 0 bridgehead atoms. The van der Waals surface area contributed by atoms with Crippen molar-refractivity contribution in [3.05, 3.63) is 36.0 Å². The Morgan fingerprint density at radius 2 is 2.03 bits per heavy atom. The van der Waals surface area contributed by atoms with Crippen LogP contribution in [0.4, 0.5) is 29.3 Å². The fraction of sp³-hybridized carbons (Fsp3) is 0.500. The third kappa shape index (κ3) is 5.96. The van der Waals surface area contributed by atoms with E-state index in [0.717, 1.165) is 22.4 Å². The van der Waals surface area contributed by atoms with Gasteiger partial charge in [0.2, 0.25) is 5.88 Å². The second-order valence-corrected chi connectivity index (χ2v) is 8.65. The quantitative estimate of drug-likeness (QED) is 0.637. The molecule has 0 unspecified atom stereocenters. The summed E-state index contributed by atoms with van der Waals surface area (Å²) in [6, 6.07) is 6.76. The van der Waals surface area contributed by atoms with Crippen LogP contribution in [0.5, 0.6) is 5.88 Å². The minimum atomic E-state index is -4.30. The third-order valence-corrected chi connectivity index (χ3v) is 6.25. The van der Waals surface area contributed by atoms with Crippen molar-refractivity contribution in [3.63, 3.8) is 0 Å². The molecule has 0 aliphatic carbocycles. The number of pyridine rings is 1. The van der Waals surface area contributed by atoms with E-state index < -0.39 is 18.1 Å². The maximum Gasteiger partial charge on any atom is 0.393 e. The van der Waals surface area contributed by atoms with E-state index in [9.17, 15) is 18.0 Å². The Morgan fingerprint density at radius 3 is 2.71 bits per heavy atom. The van der Waals surface area contributed by atoms with Crippen molar-refractivity contribution in [2.75, 3.05) is 62.8 Å². The van der Waals surface area contributed by atoms with Gasteiger partial charge in [0.25, 0.3) is 0 Å². The number of carbonyl (C=O) groups excluding carboxylic acids is 1. The Kier molecular flexibility index (Phi) is 7.66. The lowest BCUT2D eigenvalue weighted by molar-refractivity contribution is -0.169. The number of hydrogen-bond donors (Lipinski definition) is 2. The maximum atomic E-state index is 13.0. The summed E-state index contributed by atoms with van der Waals surface area (Å²) in [6.07, 6.45) is -2.72. The number of aliphatic hydroxyl groups is 1. The van der Waals surface area contributed by atoms with Gasteiger partial charge in [-0.2, -0.15) is 13.2 Å². The highest BCUT2D eigenvalue weighted by Gasteiger charge is 2.44. The molecule has 2 saturated heterocycles. The van der Waals surface area contributed by atoms with E-state index >= 15 is 0 Å². The fourth-order valence-electron chi connectivity index (χ4n) is 4.30. The van der Waals surface area contributed by atoms with E-state index in [2.05, 4.69) is 15.2 Å². The second-order valence-electron chi connectivity index (χ2n) is 8.65. The lowest BCUT2D eigenvalue weighted by Gasteiger charge is -2.30. The lowest BCUT2D eigenvalue weighted by Crippen LogP contribution is -2.36. The number of ether oxygens (including phenoxy) is 2. The summed E-state index contributed by atoms with van der Waals surface area (Å²) in [5, 5.41) is 11.9. The number of anilines is 2. The number of nitrogens with zero attached hydrogens (tertiary/aromatic N) is 3. The molecule has 1 atom stereocenters. The molecule has 8 nitrogen and oxygen atoms in total. The predicted octanol–water partition coefficient (Wildman–Crippen LogP) is 3.68. The molecule has 0 radical (unpaired) electrons. The largest absolute Gasteiger partial charge is 0.474 e. The van der Waals surface area contributed by atoms with Gasteiger partial charge in [-0.1, -0.05) is 6.07 Å². The molecule has 2 amide bonds. The highest BCUT2D eigenvalue weighted by molar-refractivity contribution is 5.90. The Hall–Kier alpha value is -3.05. The number of amides is 2. The summed E-state index contributed by atoms with van der Waals surface area (Å²) < 4.78 is 50.0. The molecule has 1 aromatic carbocycles. The van der Waals surface area contributed by atoms with E-state index in [1.54, 1.807) is 18.3 Å². The molecule has 2 aliphatic heterocycles. The molecular formula is C24H29F3N4O4. The van der Waals surface area contributed by atoms with Gasteiger partial charge in [-0.25, -0.2) is 9.78 Å². The molecule has 0 spiro atoms. The Labute approximate surface area is 201 Å². The van der Waals surface area contributed by atoms with E-state index in [1.807, 2.05) is 19.1 Å².